The quantitative estimate of drug-likeness (QED) is 0.196. The minimum absolute atomic E-state index is 0.00262. The van der Waals surface area contributed by atoms with Crippen LogP contribution in [0.25, 0.3) is 5.76 Å². The van der Waals surface area contributed by atoms with E-state index >= 15 is 0 Å². The van der Waals surface area contributed by atoms with Crippen LogP contribution in [0.3, 0.4) is 0 Å². The zero-order valence-electron chi connectivity index (χ0n) is 20.1. The first kappa shape index (κ1) is 26.7. The summed E-state index contributed by atoms with van der Waals surface area (Å²) in [7, 11) is 2.73. The lowest BCUT2D eigenvalue weighted by Crippen LogP contribution is -2.29. The summed E-state index contributed by atoms with van der Waals surface area (Å²) in [6.07, 6.45) is 0. The van der Waals surface area contributed by atoms with Gasteiger partial charge in [-0.3, -0.25) is 14.5 Å². The Hall–Kier alpha value is -3.39. The molecule has 1 fully saturated rings. The number of aliphatic hydroxyl groups is 1. The van der Waals surface area contributed by atoms with E-state index in [1.807, 2.05) is 6.92 Å². The number of hydrogen-bond donors (Lipinski definition) is 1. The molecule has 7 nitrogen and oxygen atoms in total. The maximum Gasteiger partial charge on any atom is 0.300 e. The van der Waals surface area contributed by atoms with E-state index in [4.69, 9.17) is 49.0 Å². The molecule has 0 aliphatic carbocycles. The third-order valence-electron chi connectivity index (χ3n) is 5.85. The molecule has 1 aliphatic heterocycles. The van der Waals surface area contributed by atoms with Crippen molar-refractivity contribution < 1.29 is 28.9 Å². The van der Waals surface area contributed by atoms with Crippen molar-refractivity contribution >= 4 is 57.9 Å². The van der Waals surface area contributed by atoms with Gasteiger partial charge >= 0.3 is 0 Å². The number of carbonyl (C=O) groups excluding carboxylic acids is 2. The Kier molecular flexibility index (Phi) is 7.87. The molecule has 3 aromatic carbocycles. The van der Waals surface area contributed by atoms with Gasteiger partial charge in [-0.1, -0.05) is 46.9 Å². The number of anilines is 1. The number of nitrogens with zero attached hydrogens (tertiary/aromatic N) is 1. The first-order chi connectivity index (χ1) is 17.7. The number of halogens is 3. The van der Waals surface area contributed by atoms with Crippen molar-refractivity contribution in [2.24, 2.45) is 0 Å². The molecular weight excluding hydrogens is 541 g/mol. The van der Waals surface area contributed by atoms with Gasteiger partial charge in [0.05, 0.1) is 43.0 Å². The van der Waals surface area contributed by atoms with Gasteiger partial charge in [0.1, 0.15) is 16.5 Å². The summed E-state index contributed by atoms with van der Waals surface area (Å²) in [5, 5.41) is 12.0. The van der Waals surface area contributed by atoms with Gasteiger partial charge in [-0.05, 0) is 55.0 Å². The van der Waals surface area contributed by atoms with Gasteiger partial charge in [0.2, 0.25) is 0 Å². The third kappa shape index (κ3) is 4.82. The summed E-state index contributed by atoms with van der Waals surface area (Å²) < 4.78 is 16.1. The van der Waals surface area contributed by atoms with Crippen molar-refractivity contribution in [1.29, 1.82) is 0 Å². The van der Waals surface area contributed by atoms with Crippen molar-refractivity contribution in [2.75, 3.05) is 25.7 Å². The van der Waals surface area contributed by atoms with E-state index in [0.717, 1.165) is 0 Å². The largest absolute Gasteiger partial charge is 0.507 e. The van der Waals surface area contributed by atoms with Crippen molar-refractivity contribution in [1.82, 2.24) is 0 Å². The summed E-state index contributed by atoms with van der Waals surface area (Å²) in [6.45, 7) is 2.34. The van der Waals surface area contributed by atoms with Crippen LogP contribution in [0, 0.1) is 0 Å². The summed E-state index contributed by atoms with van der Waals surface area (Å²) in [4.78, 5) is 28.1. The van der Waals surface area contributed by atoms with Crippen molar-refractivity contribution in [2.45, 2.75) is 13.0 Å². The van der Waals surface area contributed by atoms with Crippen molar-refractivity contribution in [3.05, 3.63) is 86.4 Å². The predicted octanol–water partition coefficient (Wildman–Crippen LogP) is 6.69. The molecule has 37 heavy (non-hydrogen) atoms. The summed E-state index contributed by atoms with van der Waals surface area (Å²) >= 11 is 18.8. The van der Waals surface area contributed by atoms with Crippen LogP contribution < -0.4 is 19.1 Å². The van der Waals surface area contributed by atoms with Crippen LogP contribution in [0.4, 0.5) is 5.69 Å². The maximum absolute atomic E-state index is 13.4. The Morgan fingerprint density at radius 2 is 1.57 bits per heavy atom. The van der Waals surface area contributed by atoms with Crippen LogP contribution in [0.2, 0.25) is 15.1 Å². The van der Waals surface area contributed by atoms with Crippen LogP contribution >= 0.6 is 34.8 Å². The van der Waals surface area contributed by atoms with E-state index in [9.17, 15) is 14.7 Å². The summed E-state index contributed by atoms with van der Waals surface area (Å²) in [6, 6.07) is 13.7. The lowest BCUT2D eigenvalue weighted by Gasteiger charge is -2.26. The first-order valence-corrected chi connectivity index (χ1v) is 12.3. The zero-order valence-corrected chi connectivity index (χ0v) is 22.3. The van der Waals surface area contributed by atoms with E-state index in [1.54, 1.807) is 48.5 Å². The Labute approximate surface area is 228 Å². The predicted molar refractivity (Wildman–Crippen MR) is 143 cm³/mol. The Morgan fingerprint density at radius 3 is 2.14 bits per heavy atom. The van der Waals surface area contributed by atoms with Crippen LogP contribution in [0.1, 0.15) is 24.1 Å². The summed E-state index contributed by atoms with van der Waals surface area (Å²) in [5.41, 5.74) is 0.838. The van der Waals surface area contributed by atoms with Crippen LogP contribution in [-0.4, -0.2) is 37.6 Å². The average Bonchev–Trinajstić information content (AvgIpc) is 3.15. The Bertz CT molecular complexity index is 1390. The standard InChI is InChI=1S/C27H22Cl3NO6/c1-4-37-17-11-9-16(10-12-17)31-22(14-5-7-15(28)8-6-14)20(24(33)27(31)34)23(32)18-13-19(29)26(36-3)21(30)25(18)35-2/h5-13,22,32H,4H2,1-3H3/b23-20+. The minimum Gasteiger partial charge on any atom is -0.507 e. The Morgan fingerprint density at radius 1 is 0.946 bits per heavy atom. The lowest BCUT2D eigenvalue weighted by molar-refractivity contribution is -0.132. The fourth-order valence-corrected chi connectivity index (χ4v) is 5.03. The highest BCUT2D eigenvalue weighted by molar-refractivity contribution is 6.52. The second kappa shape index (κ2) is 10.9. The number of Topliss-reactive ketones (excluding diaryl/α,β-unsaturated/α-hetero) is 1. The van der Waals surface area contributed by atoms with E-state index in [2.05, 4.69) is 0 Å². The number of amides is 1. The topological polar surface area (TPSA) is 85.3 Å². The molecule has 192 valence electrons. The van der Waals surface area contributed by atoms with Crippen LogP contribution in [0.5, 0.6) is 17.2 Å². The summed E-state index contributed by atoms with van der Waals surface area (Å²) in [5.74, 6) is -1.44. The molecule has 3 aromatic rings. The number of rotatable bonds is 7. The molecule has 0 spiro atoms. The smallest absolute Gasteiger partial charge is 0.300 e. The monoisotopic (exact) mass is 561 g/mol. The van der Waals surface area contributed by atoms with Gasteiger partial charge in [0.15, 0.2) is 11.5 Å². The first-order valence-electron chi connectivity index (χ1n) is 11.1. The molecule has 1 heterocycles. The number of benzene rings is 3. The fraction of sp³-hybridized carbons (Fsp3) is 0.185. The molecule has 0 bridgehead atoms. The highest BCUT2D eigenvalue weighted by Crippen LogP contribution is 2.48. The second-order valence-electron chi connectivity index (χ2n) is 7.93. The number of ketones is 1. The number of carbonyl (C=O) groups is 2. The highest BCUT2D eigenvalue weighted by atomic mass is 35.5. The Balaban J connectivity index is 1.96. The third-order valence-corrected chi connectivity index (χ3v) is 6.73. The van der Waals surface area contributed by atoms with E-state index in [1.165, 1.54) is 25.2 Å². The molecule has 1 aliphatic rings. The zero-order chi connectivity index (χ0) is 26.9. The lowest BCUT2D eigenvalue weighted by atomic mass is 9.94. The van der Waals surface area contributed by atoms with Crippen molar-refractivity contribution in [3.63, 3.8) is 0 Å². The van der Waals surface area contributed by atoms with Gasteiger partial charge in [-0.25, -0.2) is 0 Å². The molecule has 0 saturated carbocycles. The van der Waals surface area contributed by atoms with Gasteiger partial charge in [-0.15, -0.1) is 0 Å². The van der Waals surface area contributed by atoms with Gasteiger partial charge in [-0.2, -0.15) is 0 Å². The highest BCUT2D eigenvalue weighted by Gasteiger charge is 2.47. The van der Waals surface area contributed by atoms with Crippen LogP contribution in [-0.2, 0) is 9.59 Å². The average molecular weight is 563 g/mol. The molecule has 0 radical (unpaired) electrons. The normalized spacial score (nSPS) is 16.7. The second-order valence-corrected chi connectivity index (χ2v) is 9.16. The van der Waals surface area contributed by atoms with E-state index in [-0.39, 0.29) is 32.7 Å². The van der Waals surface area contributed by atoms with E-state index < -0.39 is 23.5 Å². The maximum atomic E-state index is 13.4. The van der Waals surface area contributed by atoms with Gasteiger partial charge in [0, 0.05) is 10.7 Å². The molecule has 1 unspecified atom stereocenters. The molecule has 1 saturated heterocycles. The van der Waals surface area contributed by atoms with Gasteiger partial charge in [0.25, 0.3) is 11.7 Å². The molecular formula is C27H22Cl3NO6. The molecule has 1 atom stereocenters. The number of ether oxygens (including phenoxy) is 3. The van der Waals surface area contributed by atoms with Crippen molar-refractivity contribution in [3.8, 4) is 17.2 Å². The molecule has 1 amide bonds. The van der Waals surface area contributed by atoms with E-state index in [0.29, 0.717) is 28.6 Å². The molecule has 1 N–H and O–H groups in total. The molecule has 4 rings (SSSR count). The minimum atomic E-state index is -0.987. The molecule has 10 heteroatoms. The number of hydrogen-bond acceptors (Lipinski definition) is 6. The van der Waals surface area contributed by atoms with Crippen LogP contribution in [0.15, 0.2) is 60.2 Å². The van der Waals surface area contributed by atoms with Gasteiger partial charge < -0.3 is 19.3 Å². The number of aliphatic hydroxyl groups excluding tert-OH is 1. The fourth-order valence-electron chi connectivity index (χ4n) is 4.22. The molecule has 0 aromatic heterocycles. The number of methoxy groups -OCH3 is 2. The SMILES string of the molecule is CCOc1ccc(N2C(=O)C(=O)/C(=C(/O)c3cc(Cl)c(OC)c(Cl)c3OC)C2c2ccc(Cl)cc2)cc1.